The monoisotopic (exact) mass is 233 g/mol. The van der Waals surface area contributed by atoms with Gasteiger partial charge in [0.2, 0.25) is 0 Å². The largest absolute Gasteiger partial charge is 0.384 e. The van der Waals surface area contributed by atoms with Crippen LogP contribution in [0.1, 0.15) is 5.56 Å². The molecular weight excluding hydrogens is 221 g/mol. The molecule has 2 rings (SSSR count). The Hall–Kier alpha value is -2.24. The molecule has 3 N–H and O–H groups in total. The lowest BCUT2D eigenvalue weighted by molar-refractivity contribution is 0.427. The molecule has 0 saturated heterocycles. The predicted molar refractivity (Wildman–Crippen MR) is 62.4 cm³/mol. The molecule has 2 heterocycles. The maximum absolute atomic E-state index is 12.3. The normalized spacial score (nSPS) is 10.4. The first-order valence-corrected chi connectivity index (χ1v) is 5.11. The molecule has 2 aromatic rings. The van der Waals surface area contributed by atoms with Gasteiger partial charge in [-0.25, -0.2) is 4.39 Å². The van der Waals surface area contributed by atoms with Crippen molar-refractivity contribution in [2.75, 3.05) is 6.67 Å². The first-order chi connectivity index (χ1) is 8.22. The average molecular weight is 233 g/mol. The van der Waals surface area contributed by atoms with E-state index in [-0.39, 0.29) is 12.4 Å². The molecule has 0 radical (unpaired) electrons. The number of nitrogens with two attached hydrogens (primary N) is 1. The summed E-state index contributed by atoms with van der Waals surface area (Å²) < 4.78 is 13.7. The van der Waals surface area contributed by atoms with Gasteiger partial charge in [-0.15, -0.1) is 0 Å². The van der Waals surface area contributed by atoms with Gasteiger partial charge in [-0.3, -0.25) is 15.1 Å². The molecule has 0 aliphatic heterocycles. The van der Waals surface area contributed by atoms with Gasteiger partial charge < -0.3 is 5.73 Å². The number of rotatable bonds is 4. The fourth-order valence-corrected chi connectivity index (χ4v) is 1.51. The minimum absolute atomic E-state index is 0.101. The molecule has 0 aliphatic rings. The van der Waals surface area contributed by atoms with Crippen LogP contribution in [-0.2, 0) is 6.54 Å². The zero-order valence-corrected chi connectivity index (χ0v) is 9.10. The molecule has 0 spiro atoms. The summed E-state index contributed by atoms with van der Waals surface area (Å²) in [5.74, 6) is -0.101. The summed E-state index contributed by atoms with van der Waals surface area (Å²) in [6.07, 6.45) is 3.19. The van der Waals surface area contributed by atoms with Gasteiger partial charge in [0.25, 0.3) is 0 Å². The molecule has 0 bridgehead atoms. The van der Waals surface area contributed by atoms with Crippen LogP contribution in [0.15, 0.2) is 30.6 Å². The third-order valence-corrected chi connectivity index (χ3v) is 2.27. The highest BCUT2D eigenvalue weighted by Crippen LogP contribution is 2.19. The van der Waals surface area contributed by atoms with E-state index in [4.69, 9.17) is 11.1 Å². The number of aromatic nitrogens is 3. The molecule has 0 aromatic carbocycles. The Bertz CT molecular complexity index is 520. The second-order valence-electron chi connectivity index (χ2n) is 3.47. The van der Waals surface area contributed by atoms with E-state index in [0.29, 0.717) is 17.0 Å². The van der Waals surface area contributed by atoms with E-state index in [9.17, 15) is 4.39 Å². The molecule has 0 saturated carbocycles. The number of aryl methyl sites for hydroxylation is 1. The fraction of sp³-hybridized carbons (Fsp3) is 0.182. The minimum atomic E-state index is -0.513. The molecule has 2 aromatic heterocycles. The van der Waals surface area contributed by atoms with Gasteiger partial charge in [-0.1, -0.05) is 6.07 Å². The van der Waals surface area contributed by atoms with Crippen molar-refractivity contribution in [2.45, 2.75) is 6.54 Å². The summed E-state index contributed by atoms with van der Waals surface area (Å²) >= 11 is 0. The van der Waals surface area contributed by atoms with Crippen molar-refractivity contribution < 1.29 is 4.39 Å². The summed E-state index contributed by atoms with van der Waals surface area (Å²) in [6, 6.07) is 5.38. The molecule has 0 aliphatic carbocycles. The molecule has 0 amide bonds. The molecule has 5 nitrogen and oxygen atoms in total. The van der Waals surface area contributed by atoms with Crippen LogP contribution >= 0.6 is 0 Å². The highest BCUT2D eigenvalue weighted by molar-refractivity contribution is 6.00. The second kappa shape index (κ2) is 4.73. The van der Waals surface area contributed by atoms with Gasteiger partial charge in [-0.05, 0) is 12.1 Å². The summed E-state index contributed by atoms with van der Waals surface area (Å²) in [4.78, 5) is 4.14. The number of hydrogen-bond donors (Lipinski definition) is 2. The number of alkyl halides is 1. The van der Waals surface area contributed by atoms with Gasteiger partial charge in [0, 0.05) is 12.4 Å². The van der Waals surface area contributed by atoms with Gasteiger partial charge >= 0.3 is 0 Å². The Kier molecular flexibility index (Phi) is 3.13. The van der Waals surface area contributed by atoms with Crippen LogP contribution < -0.4 is 5.73 Å². The van der Waals surface area contributed by atoms with Gasteiger partial charge in [0.1, 0.15) is 18.2 Å². The zero-order chi connectivity index (χ0) is 12.3. The maximum atomic E-state index is 12.3. The SMILES string of the molecule is N=C(N)c1cn(CCF)nc1-c1ccccn1. The lowest BCUT2D eigenvalue weighted by Gasteiger charge is -1.98. The van der Waals surface area contributed by atoms with E-state index in [0.717, 1.165) is 0 Å². The number of amidine groups is 1. The van der Waals surface area contributed by atoms with E-state index < -0.39 is 6.67 Å². The Labute approximate surface area is 97.6 Å². The molecule has 6 heteroatoms. The highest BCUT2D eigenvalue weighted by atomic mass is 19.1. The molecule has 0 unspecified atom stereocenters. The first-order valence-electron chi connectivity index (χ1n) is 5.11. The lowest BCUT2D eigenvalue weighted by Crippen LogP contribution is -2.11. The van der Waals surface area contributed by atoms with Crippen LogP contribution in [0.25, 0.3) is 11.4 Å². The molecule has 0 atom stereocenters. The van der Waals surface area contributed by atoms with E-state index in [2.05, 4.69) is 10.1 Å². The van der Waals surface area contributed by atoms with Gasteiger partial charge in [0.05, 0.1) is 17.8 Å². The van der Waals surface area contributed by atoms with E-state index in [1.165, 1.54) is 4.68 Å². The zero-order valence-electron chi connectivity index (χ0n) is 9.10. The quantitative estimate of drug-likeness (QED) is 0.615. The summed E-state index contributed by atoms with van der Waals surface area (Å²) in [5.41, 5.74) is 7.07. The van der Waals surface area contributed by atoms with Gasteiger partial charge in [0.15, 0.2) is 0 Å². The fourth-order valence-electron chi connectivity index (χ4n) is 1.51. The topological polar surface area (TPSA) is 80.6 Å². The minimum Gasteiger partial charge on any atom is -0.384 e. The number of pyridine rings is 1. The molecule has 0 fully saturated rings. The van der Waals surface area contributed by atoms with Crippen molar-refractivity contribution in [3.05, 3.63) is 36.2 Å². The third-order valence-electron chi connectivity index (χ3n) is 2.27. The van der Waals surface area contributed by atoms with Crippen LogP contribution in [0.2, 0.25) is 0 Å². The maximum Gasteiger partial charge on any atom is 0.126 e. The average Bonchev–Trinajstić information content (AvgIpc) is 2.75. The standard InChI is InChI=1S/C11H12FN5/c12-4-6-17-7-8(11(13)14)10(16-17)9-3-1-2-5-15-9/h1-3,5,7H,4,6H2,(H3,13,14). The molecule has 17 heavy (non-hydrogen) atoms. The van der Waals surface area contributed by atoms with Crippen molar-refractivity contribution in [1.29, 1.82) is 5.41 Å². The van der Waals surface area contributed by atoms with Crippen LogP contribution in [0.4, 0.5) is 4.39 Å². The van der Waals surface area contributed by atoms with E-state index >= 15 is 0 Å². The Morgan fingerprint density at radius 1 is 1.47 bits per heavy atom. The number of nitrogen functional groups attached to an aromatic ring is 1. The Morgan fingerprint density at radius 2 is 2.29 bits per heavy atom. The number of hydrogen-bond acceptors (Lipinski definition) is 3. The Balaban J connectivity index is 2.48. The van der Waals surface area contributed by atoms with E-state index in [1.807, 2.05) is 6.07 Å². The van der Waals surface area contributed by atoms with Crippen molar-refractivity contribution in [3.63, 3.8) is 0 Å². The third kappa shape index (κ3) is 2.30. The number of nitrogens with zero attached hydrogens (tertiary/aromatic N) is 3. The summed E-state index contributed by atoms with van der Waals surface area (Å²) in [5, 5.41) is 11.7. The van der Waals surface area contributed by atoms with Crippen molar-refractivity contribution >= 4 is 5.84 Å². The van der Waals surface area contributed by atoms with E-state index in [1.54, 1.807) is 24.5 Å². The summed E-state index contributed by atoms with van der Waals surface area (Å²) in [7, 11) is 0. The smallest absolute Gasteiger partial charge is 0.126 e. The highest BCUT2D eigenvalue weighted by Gasteiger charge is 2.14. The second-order valence-corrected chi connectivity index (χ2v) is 3.47. The van der Waals surface area contributed by atoms with Crippen LogP contribution in [-0.4, -0.2) is 27.3 Å². The summed E-state index contributed by atoms with van der Waals surface area (Å²) in [6.45, 7) is -0.367. The Morgan fingerprint density at radius 3 is 2.88 bits per heavy atom. The molecule has 88 valence electrons. The predicted octanol–water partition coefficient (Wildman–Crippen LogP) is 1.20. The van der Waals surface area contributed by atoms with Crippen molar-refractivity contribution in [3.8, 4) is 11.4 Å². The molecular formula is C11H12FN5. The lowest BCUT2D eigenvalue weighted by atomic mass is 10.2. The first kappa shape index (κ1) is 11.3. The van der Waals surface area contributed by atoms with Gasteiger partial charge in [-0.2, -0.15) is 5.10 Å². The number of nitrogens with one attached hydrogen (secondary N) is 1. The van der Waals surface area contributed by atoms with Crippen LogP contribution in [0.5, 0.6) is 0 Å². The van der Waals surface area contributed by atoms with Crippen molar-refractivity contribution in [1.82, 2.24) is 14.8 Å². The van der Waals surface area contributed by atoms with Crippen LogP contribution in [0, 0.1) is 5.41 Å². The van der Waals surface area contributed by atoms with Crippen molar-refractivity contribution in [2.24, 2.45) is 5.73 Å². The van der Waals surface area contributed by atoms with Crippen LogP contribution in [0.3, 0.4) is 0 Å². The number of halogens is 1.